The van der Waals surface area contributed by atoms with Crippen molar-refractivity contribution in [2.24, 2.45) is 11.7 Å². The number of rotatable bonds is 5. The van der Waals surface area contributed by atoms with Crippen molar-refractivity contribution < 1.29 is 9.53 Å². The molecule has 1 saturated heterocycles. The van der Waals surface area contributed by atoms with Gasteiger partial charge in [-0.15, -0.1) is 0 Å². The van der Waals surface area contributed by atoms with E-state index in [2.05, 4.69) is 12.2 Å². The Bertz CT molecular complexity index is 215. The second kappa shape index (κ2) is 6.86. The van der Waals surface area contributed by atoms with Crippen molar-refractivity contribution in [3.8, 4) is 0 Å². The summed E-state index contributed by atoms with van der Waals surface area (Å²) in [6.07, 6.45) is 3.77. The maximum absolute atomic E-state index is 11.7. The van der Waals surface area contributed by atoms with Gasteiger partial charge in [-0.2, -0.15) is 0 Å². The van der Waals surface area contributed by atoms with Gasteiger partial charge in [0, 0.05) is 19.3 Å². The summed E-state index contributed by atoms with van der Waals surface area (Å²) in [7, 11) is 0. The summed E-state index contributed by atoms with van der Waals surface area (Å²) >= 11 is 0. The lowest BCUT2D eigenvalue weighted by Gasteiger charge is -2.29. The molecule has 0 radical (unpaired) electrons. The molecule has 0 aromatic heterocycles. The highest BCUT2D eigenvalue weighted by Crippen LogP contribution is 2.18. The molecule has 1 aliphatic heterocycles. The summed E-state index contributed by atoms with van der Waals surface area (Å²) < 4.78 is 5.30. The number of amides is 1. The Morgan fingerprint density at radius 2 is 2.12 bits per heavy atom. The summed E-state index contributed by atoms with van der Waals surface area (Å²) in [5.74, 6) is 0.521. The molecular formula is C12H24N2O2. The molecule has 3 N–H and O–H groups in total. The number of hydrogen-bond acceptors (Lipinski definition) is 3. The molecule has 1 rings (SSSR count). The van der Waals surface area contributed by atoms with E-state index in [-0.39, 0.29) is 18.0 Å². The number of nitrogens with one attached hydrogen (secondary N) is 1. The van der Waals surface area contributed by atoms with E-state index >= 15 is 0 Å². The van der Waals surface area contributed by atoms with Crippen LogP contribution in [-0.4, -0.2) is 31.2 Å². The van der Waals surface area contributed by atoms with Gasteiger partial charge < -0.3 is 15.8 Å². The SMILES string of the molecule is CCC[C@H](N)C(=O)NC(C)C1CCOCC1. The molecule has 16 heavy (non-hydrogen) atoms. The highest BCUT2D eigenvalue weighted by atomic mass is 16.5. The number of carbonyl (C=O) groups is 1. The Morgan fingerprint density at radius 1 is 1.50 bits per heavy atom. The average Bonchev–Trinajstić information content (AvgIpc) is 2.30. The van der Waals surface area contributed by atoms with Crippen LogP contribution in [-0.2, 0) is 9.53 Å². The number of hydrogen-bond donors (Lipinski definition) is 2. The van der Waals surface area contributed by atoms with Gasteiger partial charge in [0.25, 0.3) is 0 Å². The molecule has 1 fully saturated rings. The van der Waals surface area contributed by atoms with Crippen molar-refractivity contribution in [1.29, 1.82) is 0 Å². The third kappa shape index (κ3) is 4.10. The molecule has 1 aliphatic rings. The maximum atomic E-state index is 11.7. The van der Waals surface area contributed by atoms with Crippen LogP contribution >= 0.6 is 0 Å². The largest absolute Gasteiger partial charge is 0.381 e. The smallest absolute Gasteiger partial charge is 0.237 e. The van der Waals surface area contributed by atoms with Gasteiger partial charge in [-0.25, -0.2) is 0 Å². The third-order valence-electron chi connectivity index (χ3n) is 3.28. The minimum Gasteiger partial charge on any atom is -0.381 e. The molecule has 0 aliphatic carbocycles. The molecular weight excluding hydrogens is 204 g/mol. The van der Waals surface area contributed by atoms with E-state index in [0.29, 0.717) is 5.92 Å². The van der Waals surface area contributed by atoms with Crippen LogP contribution in [0.3, 0.4) is 0 Å². The molecule has 4 heteroatoms. The van der Waals surface area contributed by atoms with Gasteiger partial charge in [-0.05, 0) is 32.1 Å². The first-order chi connectivity index (χ1) is 7.65. The van der Waals surface area contributed by atoms with Gasteiger partial charge in [0.15, 0.2) is 0 Å². The Hall–Kier alpha value is -0.610. The van der Waals surface area contributed by atoms with E-state index in [9.17, 15) is 4.79 Å². The monoisotopic (exact) mass is 228 g/mol. The Balaban J connectivity index is 2.31. The Kier molecular flexibility index (Phi) is 5.77. The lowest BCUT2D eigenvalue weighted by atomic mass is 9.92. The maximum Gasteiger partial charge on any atom is 0.237 e. The molecule has 0 bridgehead atoms. The molecule has 0 spiro atoms. The number of nitrogens with two attached hydrogens (primary N) is 1. The van der Waals surface area contributed by atoms with E-state index in [0.717, 1.165) is 38.9 Å². The van der Waals surface area contributed by atoms with Crippen molar-refractivity contribution >= 4 is 5.91 Å². The first-order valence-electron chi connectivity index (χ1n) is 6.28. The predicted octanol–water partition coefficient (Wildman–Crippen LogP) is 1.05. The summed E-state index contributed by atoms with van der Waals surface area (Å²) in [5.41, 5.74) is 5.77. The zero-order valence-electron chi connectivity index (χ0n) is 10.4. The van der Waals surface area contributed by atoms with Crippen LogP contribution in [0.4, 0.5) is 0 Å². The van der Waals surface area contributed by atoms with Crippen LogP contribution in [0, 0.1) is 5.92 Å². The Labute approximate surface area is 97.9 Å². The van der Waals surface area contributed by atoms with Gasteiger partial charge in [-0.1, -0.05) is 13.3 Å². The van der Waals surface area contributed by atoms with Crippen LogP contribution in [0.1, 0.15) is 39.5 Å². The van der Waals surface area contributed by atoms with Crippen LogP contribution in [0.2, 0.25) is 0 Å². The van der Waals surface area contributed by atoms with Gasteiger partial charge in [0.05, 0.1) is 6.04 Å². The molecule has 2 atom stereocenters. The van der Waals surface area contributed by atoms with Crippen LogP contribution in [0.15, 0.2) is 0 Å². The fraction of sp³-hybridized carbons (Fsp3) is 0.917. The first kappa shape index (κ1) is 13.5. The number of ether oxygens (including phenoxy) is 1. The zero-order valence-corrected chi connectivity index (χ0v) is 10.4. The topological polar surface area (TPSA) is 64.4 Å². The lowest BCUT2D eigenvalue weighted by Crippen LogP contribution is -2.47. The summed E-state index contributed by atoms with van der Waals surface area (Å²) in [6.45, 7) is 5.72. The van der Waals surface area contributed by atoms with Crippen molar-refractivity contribution in [1.82, 2.24) is 5.32 Å². The average molecular weight is 228 g/mol. The van der Waals surface area contributed by atoms with E-state index in [1.807, 2.05) is 6.92 Å². The standard InChI is InChI=1S/C12H24N2O2/c1-3-4-11(13)12(15)14-9(2)10-5-7-16-8-6-10/h9-11H,3-8,13H2,1-2H3,(H,14,15)/t9?,11-/m0/s1. The van der Waals surface area contributed by atoms with Crippen molar-refractivity contribution in [3.63, 3.8) is 0 Å². The minimum absolute atomic E-state index is 0.0131. The second-order valence-corrected chi connectivity index (χ2v) is 4.64. The number of carbonyl (C=O) groups excluding carboxylic acids is 1. The van der Waals surface area contributed by atoms with Crippen molar-refractivity contribution in [2.75, 3.05) is 13.2 Å². The van der Waals surface area contributed by atoms with Crippen molar-refractivity contribution in [3.05, 3.63) is 0 Å². The summed E-state index contributed by atoms with van der Waals surface area (Å²) in [6, 6.07) is -0.147. The molecule has 0 saturated carbocycles. The third-order valence-corrected chi connectivity index (χ3v) is 3.28. The molecule has 94 valence electrons. The summed E-state index contributed by atoms with van der Waals surface area (Å²) in [5, 5.41) is 3.01. The minimum atomic E-state index is -0.354. The fourth-order valence-electron chi connectivity index (χ4n) is 2.11. The van der Waals surface area contributed by atoms with Gasteiger partial charge in [0.1, 0.15) is 0 Å². The van der Waals surface area contributed by atoms with E-state index in [4.69, 9.17) is 10.5 Å². The molecule has 4 nitrogen and oxygen atoms in total. The van der Waals surface area contributed by atoms with Gasteiger partial charge >= 0.3 is 0 Å². The highest BCUT2D eigenvalue weighted by Gasteiger charge is 2.23. The van der Waals surface area contributed by atoms with E-state index in [1.165, 1.54) is 0 Å². The molecule has 1 unspecified atom stereocenters. The van der Waals surface area contributed by atoms with Gasteiger partial charge in [-0.3, -0.25) is 4.79 Å². The molecule has 0 aromatic carbocycles. The van der Waals surface area contributed by atoms with Gasteiger partial charge in [0.2, 0.25) is 5.91 Å². The van der Waals surface area contributed by atoms with E-state index < -0.39 is 0 Å². The molecule has 1 amide bonds. The fourth-order valence-corrected chi connectivity index (χ4v) is 2.11. The molecule has 0 aromatic rings. The Morgan fingerprint density at radius 3 is 2.69 bits per heavy atom. The van der Waals surface area contributed by atoms with Crippen LogP contribution in [0.25, 0.3) is 0 Å². The quantitative estimate of drug-likeness (QED) is 0.739. The summed E-state index contributed by atoms with van der Waals surface area (Å²) in [4.78, 5) is 11.7. The molecule has 1 heterocycles. The second-order valence-electron chi connectivity index (χ2n) is 4.64. The first-order valence-corrected chi connectivity index (χ1v) is 6.28. The van der Waals surface area contributed by atoms with Crippen LogP contribution in [0.5, 0.6) is 0 Å². The zero-order chi connectivity index (χ0) is 12.0. The normalized spacial score (nSPS) is 21.4. The highest BCUT2D eigenvalue weighted by molar-refractivity contribution is 5.81. The van der Waals surface area contributed by atoms with Crippen LogP contribution < -0.4 is 11.1 Å². The predicted molar refractivity (Wildman–Crippen MR) is 64.0 cm³/mol. The van der Waals surface area contributed by atoms with Crippen molar-refractivity contribution in [2.45, 2.75) is 51.6 Å². The van der Waals surface area contributed by atoms with E-state index in [1.54, 1.807) is 0 Å². The lowest BCUT2D eigenvalue weighted by molar-refractivity contribution is -0.123.